The van der Waals surface area contributed by atoms with Gasteiger partial charge in [-0.15, -0.1) is 0 Å². The van der Waals surface area contributed by atoms with Gasteiger partial charge in [-0.1, -0.05) is 44.2 Å². The van der Waals surface area contributed by atoms with Crippen molar-refractivity contribution in [3.05, 3.63) is 60.2 Å². The van der Waals surface area contributed by atoms with Crippen LogP contribution in [0.4, 0.5) is 4.79 Å². The zero-order chi connectivity index (χ0) is 37.6. The highest BCUT2D eigenvalue weighted by molar-refractivity contribution is 8.21. The van der Waals surface area contributed by atoms with Gasteiger partial charge in [0, 0.05) is 18.8 Å². The number of nitrogens with zero attached hydrogens (tertiary/aromatic N) is 3. The third-order valence-electron chi connectivity index (χ3n) is 9.56. The molecule has 2 atom stereocenters. The number of hydrogen-bond donors (Lipinski definition) is 7. The monoisotopic (exact) mass is 787 g/mol. The summed E-state index contributed by atoms with van der Waals surface area (Å²) in [6, 6.07) is 8.24. The van der Waals surface area contributed by atoms with Gasteiger partial charge < -0.3 is 34.9 Å². The maximum atomic E-state index is 14.4. The molecule has 4 aliphatic rings. The summed E-state index contributed by atoms with van der Waals surface area (Å²) in [5.41, 5.74) is -2.92. The molecule has 3 amide bonds. The fourth-order valence-corrected chi connectivity index (χ4v) is 13.7. The summed E-state index contributed by atoms with van der Waals surface area (Å²) in [7, 11) is -13.6. The number of quaternary nitrogens is 1. The van der Waals surface area contributed by atoms with Crippen LogP contribution in [-0.4, -0.2) is 106 Å². The average Bonchev–Trinajstić information content (AvgIpc) is 3.96. The maximum Gasteiger partial charge on any atom is 0.408 e. The average molecular weight is 788 g/mol. The van der Waals surface area contributed by atoms with Gasteiger partial charge in [0.15, 0.2) is 5.37 Å². The van der Waals surface area contributed by atoms with Crippen molar-refractivity contribution in [3.8, 4) is 0 Å². The molecule has 18 nitrogen and oxygen atoms in total. The lowest BCUT2D eigenvalue weighted by Gasteiger charge is -2.50. The molecule has 2 aromatic rings. The quantitative estimate of drug-likeness (QED) is 0.101. The smallest absolute Gasteiger partial charge is 0.408 e. The predicted octanol–water partition coefficient (Wildman–Crippen LogP) is 2.16. The molecule has 0 bridgehead atoms. The maximum absolute atomic E-state index is 14.4. The van der Waals surface area contributed by atoms with Crippen LogP contribution in [0, 0.1) is 5.92 Å². The molecule has 6 rings (SSSR count). The number of aromatic nitrogens is 2. The van der Waals surface area contributed by atoms with Crippen molar-refractivity contribution >= 4 is 43.9 Å². The Kier molecular flexibility index (Phi) is 10.7. The summed E-state index contributed by atoms with van der Waals surface area (Å²) in [5.74, 6) is -0.962. The number of fused-ring (bicyclic) bond motifs is 1. The Balaban J connectivity index is 1.27. The SMILES string of the molecule is CC(C)CC(NC(=O)[C@H](Cc1ccccc1)NC(=O)c1cnccn1)S12OC3(CC3)C[N+]1(CCOC(=O)NC(P(=O)(O)O)P(=O)(O)O)CC1(CC1)O2. The van der Waals surface area contributed by atoms with E-state index in [1.807, 2.05) is 44.2 Å². The van der Waals surface area contributed by atoms with E-state index in [-0.39, 0.29) is 35.1 Å². The first-order chi connectivity index (χ1) is 24.4. The van der Waals surface area contributed by atoms with E-state index in [1.165, 1.54) is 18.6 Å². The molecule has 3 heterocycles. The van der Waals surface area contributed by atoms with Gasteiger partial charge in [0.1, 0.15) is 49.2 Å². The Bertz CT molecular complexity index is 1710. The zero-order valence-electron chi connectivity index (χ0n) is 28.7. The standard InChI is InChI=1S/C31H44N6O12P2S/c1-21(2)16-25(35-26(38)23(17-22-6-4-3-5-7-22)34-27(39)24-18-32-12-13-33-24)52-37(19-30(48-52)8-9-30,20-31(49-52)10-11-31)14-15-47-28(40)36-29(50(41,42)43)51(44,45)46/h3-7,12-13,18,21,23,25,29H,8-11,14-17,19-20H2,1-2H3,(H6-,34,35,36,38,39,40,41,42,43,44,45,46)/p+1/t23-,25?/m0/s1. The van der Waals surface area contributed by atoms with Crippen LogP contribution in [0.3, 0.4) is 0 Å². The lowest BCUT2D eigenvalue weighted by atomic mass is 10.0. The molecule has 1 unspecified atom stereocenters. The fraction of sp³-hybridized carbons (Fsp3) is 0.581. The highest BCUT2D eigenvalue weighted by atomic mass is 32.3. The number of carbonyl (C=O) groups is 3. The van der Waals surface area contributed by atoms with E-state index in [2.05, 4.69) is 20.6 Å². The van der Waals surface area contributed by atoms with Crippen LogP contribution in [0.25, 0.3) is 0 Å². The van der Waals surface area contributed by atoms with Gasteiger partial charge in [0.05, 0.1) is 6.20 Å². The Labute approximate surface area is 302 Å². The molecule has 2 spiro atoms. The lowest BCUT2D eigenvalue weighted by molar-refractivity contribution is -0.796. The van der Waals surface area contributed by atoms with E-state index < -0.39 is 72.0 Å². The molecule has 4 fully saturated rings. The second-order valence-corrected chi connectivity index (χ2v) is 20.9. The van der Waals surface area contributed by atoms with Crippen molar-refractivity contribution in [1.29, 1.82) is 0 Å². The summed E-state index contributed by atoms with van der Waals surface area (Å²) in [6.45, 7) is 4.90. The van der Waals surface area contributed by atoms with E-state index in [9.17, 15) is 43.1 Å². The first-order valence-electron chi connectivity index (χ1n) is 16.9. The van der Waals surface area contributed by atoms with Gasteiger partial charge in [0.2, 0.25) is 11.4 Å². The van der Waals surface area contributed by atoms with Crippen LogP contribution in [0.2, 0.25) is 0 Å². The molecule has 7 N–H and O–H groups in total. The third kappa shape index (κ3) is 8.39. The number of benzene rings is 1. The molecular formula is C31H45N6O12P2S+. The number of hydrogen-bond acceptors (Lipinski definition) is 10. The van der Waals surface area contributed by atoms with Gasteiger partial charge in [-0.05, 0) is 54.4 Å². The normalized spacial score (nSPS) is 26.3. The van der Waals surface area contributed by atoms with Crippen LogP contribution in [0.5, 0.6) is 0 Å². The molecule has 52 heavy (non-hydrogen) atoms. The van der Waals surface area contributed by atoms with Gasteiger partial charge in [0.25, 0.3) is 5.91 Å². The summed E-state index contributed by atoms with van der Waals surface area (Å²) in [6.07, 6.45) is 6.41. The minimum absolute atomic E-state index is 0.0496. The van der Waals surface area contributed by atoms with Gasteiger partial charge in [-0.2, -0.15) is 3.89 Å². The van der Waals surface area contributed by atoms with Gasteiger partial charge >= 0.3 is 21.3 Å². The molecule has 2 saturated carbocycles. The Hall–Kier alpha value is -2.96. The molecule has 1 aromatic heterocycles. The Morgan fingerprint density at radius 1 is 0.942 bits per heavy atom. The van der Waals surface area contributed by atoms with Crippen molar-refractivity contribution in [1.82, 2.24) is 25.9 Å². The highest BCUT2D eigenvalue weighted by Gasteiger charge is 2.78. The van der Waals surface area contributed by atoms with Crippen LogP contribution >= 0.6 is 26.0 Å². The second-order valence-electron chi connectivity index (χ2n) is 14.4. The molecule has 1 aromatic carbocycles. The van der Waals surface area contributed by atoms with E-state index in [0.29, 0.717) is 19.5 Å². The van der Waals surface area contributed by atoms with E-state index in [1.54, 1.807) is 5.32 Å². The van der Waals surface area contributed by atoms with Gasteiger partial charge in [-0.25, -0.2) is 18.1 Å². The predicted molar refractivity (Wildman–Crippen MR) is 186 cm³/mol. The van der Waals surface area contributed by atoms with Crippen LogP contribution in [0.15, 0.2) is 48.9 Å². The van der Waals surface area contributed by atoms with Crippen LogP contribution in [0.1, 0.15) is 62.0 Å². The van der Waals surface area contributed by atoms with Crippen molar-refractivity contribution < 1.29 is 60.1 Å². The molecule has 2 saturated heterocycles. The van der Waals surface area contributed by atoms with Crippen LogP contribution in [-0.2, 0) is 33.4 Å². The number of rotatable bonds is 15. The van der Waals surface area contributed by atoms with Crippen molar-refractivity contribution in [3.63, 3.8) is 0 Å². The molecule has 0 radical (unpaired) electrons. The minimum Gasteiger partial charge on any atom is -0.443 e. The summed E-state index contributed by atoms with van der Waals surface area (Å²) < 4.78 is 43.0. The summed E-state index contributed by atoms with van der Waals surface area (Å²) in [4.78, 5) is 86.1. The van der Waals surface area contributed by atoms with E-state index in [0.717, 1.165) is 31.2 Å². The summed E-state index contributed by atoms with van der Waals surface area (Å²) >= 11 is 0. The fourth-order valence-electron chi connectivity index (χ4n) is 6.92. The molecule has 2 aliphatic carbocycles. The first-order valence-corrected chi connectivity index (χ1v) is 21.8. The largest absolute Gasteiger partial charge is 0.443 e. The number of nitrogens with one attached hydrogen (secondary N) is 3. The van der Waals surface area contributed by atoms with Crippen molar-refractivity contribution in [2.75, 3.05) is 26.2 Å². The Morgan fingerprint density at radius 2 is 1.56 bits per heavy atom. The molecule has 2 aliphatic heterocycles. The topological polar surface area (TPSA) is 256 Å². The minimum atomic E-state index is -5.44. The van der Waals surface area contributed by atoms with E-state index in [4.69, 9.17) is 13.1 Å². The Morgan fingerprint density at radius 3 is 2.08 bits per heavy atom. The first kappa shape index (κ1) is 38.8. The van der Waals surface area contributed by atoms with Gasteiger partial charge in [-0.3, -0.25) is 29.0 Å². The lowest BCUT2D eigenvalue weighted by Crippen LogP contribution is -2.56. The zero-order valence-corrected chi connectivity index (χ0v) is 31.3. The van der Waals surface area contributed by atoms with Crippen LogP contribution < -0.4 is 16.0 Å². The number of amides is 3. The molecule has 286 valence electrons. The summed E-state index contributed by atoms with van der Waals surface area (Å²) in [5, 5.41) is 7.04. The highest BCUT2D eigenvalue weighted by Crippen LogP contribution is 2.81. The number of carbonyl (C=O) groups excluding carboxylic acids is 3. The number of alkyl carbamates (subject to hydrolysis) is 1. The number of ether oxygens (including phenoxy) is 1. The third-order valence-corrected chi connectivity index (χ3v) is 16.6. The van der Waals surface area contributed by atoms with Crippen molar-refractivity contribution in [2.45, 2.75) is 80.5 Å². The van der Waals surface area contributed by atoms with Crippen molar-refractivity contribution in [2.24, 2.45) is 5.92 Å². The second kappa shape index (κ2) is 14.4. The van der Waals surface area contributed by atoms with E-state index >= 15 is 0 Å². The molecule has 21 heteroatoms. The molecular weight excluding hydrogens is 742 g/mol.